The number of likely N-dealkylation sites (N-methyl/N-ethyl adjacent to an activating group) is 1. The zero-order chi connectivity index (χ0) is 21.9. The summed E-state index contributed by atoms with van der Waals surface area (Å²) in [7, 11) is 1.86. The molecule has 1 heterocycles. The Morgan fingerprint density at radius 3 is 2.70 bits per heavy atom. The van der Waals surface area contributed by atoms with E-state index >= 15 is 0 Å². The number of amidine groups is 1. The van der Waals surface area contributed by atoms with Crippen molar-refractivity contribution in [3.63, 3.8) is 0 Å². The summed E-state index contributed by atoms with van der Waals surface area (Å²) < 4.78 is 0. The third-order valence-electron chi connectivity index (χ3n) is 5.87. The molecule has 0 aromatic carbocycles. The number of aliphatic imine (C=N–C) groups is 1. The Bertz CT molecular complexity index is 727. The molecule has 0 aromatic rings. The van der Waals surface area contributed by atoms with Crippen LogP contribution in [0.25, 0.3) is 0 Å². The normalized spacial score (nSPS) is 22.8. The van der Waals surface area contributed by atoms with E-state index in [0.29, 0.717) is 17.7 Å². The second kappa shape index (κ2) is 12.4. The van der Waals surface area contributed by atoms with E-state index in [-0.39, 0.29) is 5.92 Å². The van der Waals surface area contributed by atoms with E-state index in [1.807, 2.05) is 27.0 Å². The van der Waals surface area contributed by atoms with Gasteiger partial charge >= 0.3 is 0 Å². The first-order chi connectivity index (χ1) is 14.4. The molecular weight excluding hydrogens is 370 g/mol. The largest absolute Gasteiger partial charge is 0.373 e. The lowest BCUT2D eigenvalue weighted by molar-refractivity contribution is 0.285. The molecule has 3 atom stereocenters. The summed E-state index contributed by atoms with van der Waals surface area (Å²) in [5, 5.41) is 16.1. The first-order valence-corrected chi connectivity index (χ1v) is 11.3. The molecule has 0 amide bonds. The van der Waals surface area contributed by atoms with Crippen molar-refractivity contribution in [3.8, 4) is 6.07 Å². The van der Waals surface area contributed by atoms with E-state index in [4.69, 9.17) is 0 Å². The zero-order valence-electron chi connectivity index (χ0n) is 19.2. The van der Waals surface area contributed by atoms with Gasteiger partial charge in [0.1, 0.15) is 11.7 Å². The minimum Gasteiger partial charge on any atom is -0.373 e. The third-order valence-corrected chi connectivity index (χ3v) is 5.87. The highest BCUT2D eigenvalue weighted by Gasteiger charge is 2.23. The summed E-state index contributed by atoms with van der Waals surface area (Å²) in [5.41, 5.74) is 2.22. The first-order valence-electron chi connectivity index (χ1n) is 11.3. The van der Waals surface area contributed by atoms with Crippen LogP contribution in [0.15, 0.2) is 53.0 Å². The number of nitrogens with one attached hydrogen (secondary N) is 2. The molecule has 5 nitrogen and oxygen atoms in total. The number of nitrogens with zero attached hydrogens (tertiary/aromatic N) is 3. The molecule has 164 valence electrons. The van der Waals surface area contributed by atoms with Crippen LogP contribution in [0.2, 0.25) is 0 Å². The van der Waals surface area contributed by atoms with Crippen LogP contribution in [0.4, 0.5) is 0 Å². The van der Waals surface area contributed by atoms with Crippen LogP contribution < -0.4 is 10.6 Å². The zero-order valence-corrected chi connectivity index (χ0v) is 19.2. The molecule has 5 heteroatoms. The Morgan fingerprint density at radius 2 is 2.10 bits per heavy atom. The fraction of sp³-hybridized carbons (Fsp3) is 0.600. The lowest BCUT2D eigenvalue weighted by atomic mass is 9.81. The van der Waals surface area contributed by atoms with Gasteiger partial charge in [0.2, 0.25) is 0 Å². The van der Waals surface area contributed by atoms with Crippen molar-refractivity contribution in [2.75, 3.05) is 26.7 Å². The minimum absolute atomic E-state index is 0.123. The number of hydrogen-bond donors (Lipinski definition) is 2. The van der Waals surface area contributed by atoms with Crippen molar-refractivity contribution in [1.29, 1.82) is 5.26 Å². The second-order valence-electron chi connectivity index (χ2n) is 8.67. The Labute approximate surface area is 183 Å². The molecule has 1 saturated heterocycles. The predicted molar refractivity (Wildman–Crippen MR) is 127 cm³/mol. The number of hydrogen-bond acceptors (Lipinski definition) is 4. The number of nitriles is 1. The first kappa shape index (κ1) is 24.0. The van der Waals surface area contributed by atoms with Gasteiger partial charge in [-0.05, 0) is 83.0 Å². The molecule has 0 saturated carbocycles. The molecular formula is C25H39N5. The van der Waals surface area contributed by atoms with Crippen LogP contribution in [0.3, 0.4) is 0 Å². The molecule has 2 N–H and O–H groups in total. The van der Waals surface area contributed by atoms with E-state index in [2.05, 4.69) is 58.3 Å². The van der Waals surface area contributed by atoms with Crippen molar-refractivity contribution in [3.05, 3.63) is 48.0 Å². The highest BCUT2D eigenvalue weighted by molar-refractivity contribution is 5.93. The second-order valence-corrected chi connectivity index (χ2v) is 8.67. The van der Waals surface area contributed by atoms with Crippen molar-refractivity contribution in [2.24, 2.45) is 22.7 Å². The highest BCUT2D eigenvalue weighted by Crippen LogP contribution is 2.30. The Hall–Kier alpha value is -2.32. The lowest BCUT2D eigenvalue weighted by Gasteiger charge is -2.27. The van der Waals surface area contributed by atoms with E-state index in [1.54, 1.807) is 0 Å². The molecule has 1 aliphatic carbocycles. The SMILES string of the molecule is C=C(/N=C(\C=C(C)C)NC)NC1=CC(CC[C@H](C#N)CN2CCCC2)[C@H](CC)C=C1. The summed E-state index contributed by atoms with van der Waals surface area (Å²) >= 11 is 0. The van der Waals surface area contributed by atoms with Gasteiger partial charge in [-0.15, -0.1) is 0 Å². The van der Waals surface area contributed by atoms with Crippen molar-refractivity contribution >= 4 is 5.84 Å². The summed E-state index contributed by atoms with van der Waals surface area (Å²) in [6.45, 7) is 13.6. The maximum absolute atomic E-state index is 9.62. The average molecular weight is 410 g/mol. The fourth-order valence-corrected chi connectivity index (χ4v) is 4.24. The van der Waals surface area contributed by atoms with E-state index < -0.39 is 0 Å². The molecule has 0 radical (unpaired) electrons. The van der Waals surface area contributed by atoms with Crippen molar-refractivity contribution in [1.82, 2.24) is 15.5 Å². The maximum Gasteiger partial charge on any atom is 0.128 e. The summed E-state index contributed by atoms with van der Waals surface area (Å²) in [5.74, 6) is 2.49. The fourth-order valence-electron chi connectivity index (χ4n) is 4.24. The van der Waals surface area contributed by atoms with Gasteiger partial charge in [0.25, 0.3) is 0 Å². The molecule has 0 bridgehead atoms. The van der Waals surface area contributed by atoms with Gasteiger partial charge in [-0.25, -0.2) is 4.99 Å². The van der Waals surface area contributed by atoms with Crippen LogP contribution in [-0.4, -0.2) is 37.4 Å². The minimum atomic E-state index is 0.123. The molecule has 2 rings (SSSR count). The van der Waals surface area contributed by atoms with Crippen molar-refractivity contribution < 1.29 is 0 Å². The molecule has 2 aliphatic rings. The van der Waals surface area contributed by atoms with Gasteiger partial charge in [0, 0.05) is 19.3 Å². The standard InChI is InChI=1S/C25H39N5/c1-6-22-11-12-24(28-20(4)29-25(27-5)15-19(2)3)16-23(22)10-9-21(17-26)18-30-13-7-8-14-30/h11-12,15-16,21-23,28H,4,6-10,13-14,18H2,1-3,5H3,(H,27,29)/t21-,22-,23?/m1/s1. The van der Waals surface area contributed by atoms with Crippen LogP contribution >= 0.6 is 0 Å². The van der Waals surface area contributed by atoms with Gasteiger partial charge in [-0.1, -0.05) is 31.2 Å². The quantitative estimate of drug-likeness (QED) is 0.404. The molecule has 30 heavy (non-hydrogen) atoms. The van der Waals surface area contributed by atoms with E-state index in [0.717, 1.165) is 50.4 Å². The molecule has 0 spiro atoms. The summed E-state index contributed by atoms with van der Waals surface area (Å²) in [6, 6.07) is 2.55. The molecule has 1 aliphatic heterocycles. The number of likely N-dealkylation sites (tertiary alicyclic amines) is 1. The Kier molecular flexibility index (Phi) is 9.89. The van der Waals surface area contributed by atoms with Crippen LogP contribution in [0, 0.1) is 29.1 Å². The maximum atomic E-state index is 9.62. The van der Waals surface area contributed by atoms with Gasteiger partial charge in [0.15, 0.2) is 0 Å². The monoisotopic (exact) mass is 409 g/mol. The number of rotatable bonds is 10. The van der Waals surface area contributed by atoms with Crippen molar-refractivity contribution in [2.45, 2.75) is 52.9 Å². The van der Waals surface area contributed by atoms with Crippen LogP contribution in [0.5, 0.6) is 0 Å². The average Bonchev–Trinajstić information content (AvgIpc) is 3.23. The van der Waals surface area contributed by atoms with Gasteiger partial charge in [0.05, 0.1) is 12.0 Å². The smallest absolute Gasteiger partial charge is 0.128 e. The summed E-state index contributed by atoms with van der Waals surface area (Å²) in [6.07, 6.45) is 14.4. The molecule has 0 aromatic heterocycles. The lowest BCUT2D eigenvalue weighted by Crippen LogP contribution is -2.27. The number of allylic oxidation sites excluding steroid dienone is 4. The third kappa shape index (κ3) is 7.84. The van der Waals surface area contributed by atoms with Crippen LogP contribution in [0.1, 0.15) is 52.9 Å². The molecule has 1 fully saturated rings. The Morgan fingerprint density at radius 1 is 1.37 bits per heavy atom. The van der Waals surface area contributed by atoms with E-state index in [1.165, 1.54) is 18.4 Å². The van der Waals surface area contributed by atoms with E-state index in [9.17, 15) is 5.26 Å². The highest BCUT2D eigenvalue weighted by atomic mass is 15.1. The topological polar surface area (TPSA) is 63.5 Å². The molecule has 1 unspecified atom stereocenters. The van der Waals surface area contributed by atoms with Crippen LogP contribution in [-0.2, 0) is 0 Å². The summed E-state index contributed by atoms with van der Waals surface area (Å²) in [4.78, 5) is 6.99. The predicted octanol–water partition coefficient (Wildman–Crippen LogP) is 4.74. The Balaban J connectivity index is 1.97. The van der Waals surface area contributed by atoms with Gasteiger partial charge < -0.3 is 15.5 Å². The van der Waals surface area contributed by atoms with Gasteiger partial charge in [-0.3, -0.25) is 0 Å². The van der Waals surface area contributed by atoms with Gasteiger partial charge in [-0.2, -0.15) is 5.26 Å².